The Morgan fingerprint density at radius 3 is 2.42 bits per heavy atom. The zero-order valence-electron chi connectivity index (χ0n) is 19.2. The van der Waals surface area contributed by atoms with Gasteiger partial charge in [-0.2, -0.15) is 0 Å². The summed E-state index contributed by atoms with van der Waals surface area (Å²) in [5.74, 6) is 1.16. The molecule has 4 atom stereocenters. The molecule has 1 heterocycles. The fourth-order valence-electron chi connectivity index (χ4n) is 6.03. The lowest BCUT2D eigenvalue weighted by Crippen LogP contribution is -2.43. The van der Waals surface area contributed by atoms with Crippen LogP contribution in [0.1, 0.15) is 51.9 Å². The van der Waals surface area contributed by atoms with Crippen LogP contribution in [0.2, 0.25) is 0 Å². The third-order valence-electron chi connectivity index (χ3n) is 7.67. The molecule has 31 heavy (non-hydrogen) atoms. The van der Waals surface area contributed by atoms with Gasteiger partial charge in [-0.05, 0) is 58.0 Å². The van der Waals surface area contributed by atoms with Crippen molar-refractivity contribution in [2.75, 3.05) is 39.8 Å². The van der Waals surface area contributed by atoms with Crippen molar-refractivity contribution >= 4 is 17.8 Å². The zero-order chi connectivity index (χ0) is 21.8. The van der Waals surface area contributed by atoms with Gasteiger partial charge in [0.1, 0.15) is 0 Å². The predicted octanol–water partition coefficient (Wildman–Crippen LogP) is 2.00. The molecule has 3 fully saturated rings. The van der Waals surface area contributed by atoms with Crippen LogP contribution in [0.15, 0.2) is 17.1 Å². The molecule has 2 N–H and O–H groups in total. The number of likely N-dealkylation sites (tertiary alicyclic amines) is 1. The second-order valence-corrected chi connectivity index (χ2v) is 9.64. The van der Waals surface area contributed by atoms with E-state index in [1.54, 1.807) is 0 Å². The van der Waals surface area contributed by atoms with Crippen LogP contribution in [0.3, 0.4) is 0 Å². The molecule has 0 spiro atoms. The SMILES string of the molecule is CCNC(=NCCCN(C)C1CCCCC1)NCCN1C(=O)C2C3C=CC(C3)C2C1=O. The van der Waals surface area contributed by atoms with Crippen molar-refractivity contribution in [3.05, 3.63) is 12.2 Å². The Kier molecular flexibility index (Phi) is 7.31. The fourth-order valence-corrected chi connectivity index (χ4v) is 6.03. The molecule has 7 nitrogen and oxygen atoms in total. The fraction of sp³-hybridized carbons (Fsp3) is 0.792. The Balaban J connectivity index is 1.20. The zero-order valence-corrected chi connectivity index (χ0v) is 19.2. The van der Waals surface area contributed by atoms with E-state index in [1.807, 2.05) is 6.92 Å². The number of hydrogen-bond donors (Lipinski definition) is 2. The van der Waals surface area contributed by atoms with Crippen LogP contribution in [0, 0.1) is 23.7 Å². The standard InChI is InChI=1S/C24H39N5O2/c1-3-25-24(26-12-7-14-28(2)19-8-5-4-6-9-19)27-13-15-29-22(30)20-17-10-11-18(16-17)21(20)23(29)31/h10-11,17-21H,3-9,12-16H2,1-2H3,(H2,25,26,27). The average molecular weight is 430 g/mol. The summed E-state index contributed by atoms with van der Waals surface area (Å²) in [4.78, 5) is 34.2. The van der Waals surface area contributed by atoms with Crippen molar-refractivity contribution in [2.45, 2.75) is 57.9 Å². The van der Waals surface area contributed by atoms with Gasteiger partial charge in [0.15, 0.2) is 5.96 Å². The number of nitrogens with zero attached hydrogens (tertiary/aromatic N) is 3. The van der Waals surface area contributed by atoms with Crippen molar-refractivity contribution < 1.29 is 9.59 Å². The minimum atomic E-state index is -0.106. The number of nitrogens with one attached hydrogen (secondary N) is 2. The van der Waals surface area contributed by atoms with Gasteiger partial charge in [0.25, 0.3) is 0 Å². The molecule has 0 aromatic carbocycles. The van der Waals surface area contributed by atoms with Crippen LogP contribution < -0.4 is 10.6 Å². The molecule has 1 aliphatic heterocycles. The molecular formula is C24H39N5O2. The van der Waals surface area contributed by atoms with Crippen molar-refractivity contribution in [1.82, 2.24) is 20.4 Å². The van der Waals surface area contributed by atoms with Crippen LogP contribution in [0.25, 0.3) is 0 Å². The Labute approximate surface area is 186 Å². The number of guanidine groups is 1. The molecule has 0 radical (unpaired) electrons. The van der Waals surface area contributed by atoms with E-state index in [9.17, 15) is 9.59 Å². The third kappa shape index (κ3) is 4.81. The van der Waals surface area contributed by atoms with E-state index in [1.165, 1.54) is 37.0 Å². The molecule has 0 aromatic rings. The van der Waals surface area contributed by atoms with E-state index in [0.29, 0.717) is 13.1 Å². The maximum Gasteiger partial charge on any atom is 0.233 e. The van der Waals surface area contributed by atoms with Gasteiger partial charge in [-0.1, -0.05) is 31.4 Å². The molecule has 172 valence electrons. The van der Waals surface area contributed by atoms with E-state index in [2.05, 4.69) is 34.7 Å². The van der Waals surface area contributed by atoms with Crippen molar-refractivity contribution in [3.63, 3.8) is 0 Å². The number of rotatable bonds is 9. The summed E-state index contributed by atoms with van der Waals surface area (Å²) in [5, 5.41) is 6.58. The average Bonchev–Trinajstić information content (AvgIpc) is 3.46. The van der Waals surface area contributed by atoms with Gasteiger partial charge in [0.05, 0.1) is 11.8 Å². The van der Waals surface area contributed by atoms with E-state index >= 15 is 0 Å². The quantitative estimate of drug-likeness (QED) is 0.193. The van der Waals surface area contributed by atoms with Gasteiger partial charge in [0, 0.05) is 32.2 Å². The number of imide groups is 1. The summed E-state index contributed by atoms with van der Waals surface area (Å²) in [6, 6.07) is 0.740. The van der Waals surface area contributed by atoms with E-state index < -0.39 is 0 Å². The van der Waals surface area contributed by atoms with Gasteiger partial charge in [-0.3, -0.25) is 19.5 Å². The summed E-state index contributed by atoms with van der Waals surface area (Å²) >= 11 is 0. The molecule has 1 saturated heterocycles. The summed E-state index contributed by atoms with van der Waals surface area (Å²) in [6.45, 7) is 5.63. The van der Waals surface area contributed by atoms with Gasteiger partial charge >= 0.3 is 0 Å². The van der Waals surface area contributed by atoms with E-state index in [4.69, 9.17) is 4.99 Å². The van der Waals surface area contributed by atoms with Crippen molar-refractivity contribution in [1.29, 1.82) is 0 Å². The lowest BCUT2D eigenvalue weighted by Gasteiger charge is -2.31. The molecule has 4 aliphatic rings. The monoisotopic (exact) mass is 429 g/mol. The molecular weight excluding hydrogens is 390 g/mol. The van der Waals surface area contributed by atoms with E-state index in [-0.39, 0.29) is 35.5 Å². The molecule has 4 rings (SSSR count). The van der Waals surface area contributed by atoms with Crippen molar-refractivity contribution in [2.24, 2.45) is 28.7 Å². The normalized spacial score (nSPS) is 30.5. The highest BCUT2D eigenvalue weighted by Gasteiger charge is 2.58. The van der Waals surface area contributed by atoms with Gasteiger partial charge in [-0.25, -0.2) is 0 Å². The highest BCUT2D eigenvalue weighted by molar-refractivity contribution is 6.06. The first-order chi connectivity index (χ1) is 15.1. The minimum absolute atomic E-state index is 0.0290. The second kappa shape index (κ2) is 10.2. The van der Waals surface area contributed by atoms with E-state index in [0.717, 1.165) is 44.5 Å². The van der Waals surface area contributed by atoms with Gasteiger partial charge in [-0.15, -0.1) is 0 Å². The number of aliphatic imine (C=N–C) groups is 1. The van der Waals surface area contributed by atoms with Crippen molar-refractivity contribution in [3.8, 4) is 0 Å². The van der Waals surface area contributed by atoms with Gasteiger partial charge < -0.3 is 15.5 Å². The first-order valence-corrected chi connectivity index (χ1v) is 12.4. The highest BCUT2D eigenvalue weighted by atomic mass is 16.2. The minimum Gasteiger partial charge on any atom is -0.357 e. The Morgan fingerprint density at radius 2 is 1.77 bits per heavy atom. The maximum absolute atomic E-state index is 12.8. The third-order valence-corrected chi connectivity index (χ3v) is 7.67. The molecule has 2 bridgehead atoms. The molecule has 7 heteroatoms. The van der Waals surface area contributed by atoms with Crippen LogP contribution in [0.4, 0.5) is 0 Å². The Hall–Kier alpha value is -1.89. The molecule has 0 aromatic heterocycles. The highest BCUT2D eigenvalue weighted by Crippen LogP contribution is 2.52. The van der Waals surface area contributed by atoms with Crippen LogP contribution in [-0.2, 0) is 9.59 Å². The topological polar surface area (TPSA) is 77.0 Å². The number of carbonyl (C=O) groups excluding carboxylic acids is 2. The predicted molar refractivity (Wildman–Crippen MR) is 123 cm³/mol. The van der Waals surface area contributed by atoms with Crippen LogP contribution in [-0.4, -0.2) is 73.4 Å². The maximum atomic E-state index is 12.8. The lowest BCUT2D eigenvalue weighted by molar-refractivity contribution is -0.140. The first-order valence-electron chi connectivity index (χ1n) is 12.4. The summed E-state index contributed by atoms with van der Waals surface area (Å²) in [6.07, 6.45) is 13.1. The largest absolute Gasteiger partial charge is 0.357 e. The summed E-state index contributed by atoms with van der Waals surface area (Å²) < 4.78 is 0. The molecule has 2 saturated carbocycles. The number of fused-ring (bicyclic) bond motifs is 5. The van der Waals surface area contributed by atoms with Gasteiger partial charge in [0.2, 0.25) is 11.8 Å². The van der Waals surface area contributed by atoms with Crippen LogP contribution >= 0.6 is 0 Å². The smallest absolute Gasteiger partial charge is 0.233 e. The summed E-state index contributed by atoms with van der Waals surface area (Å²) in [5.41, 5.74) is 0. The number of carbonyl (C=O) groups is 2. The molecule has 4 unspecified atom stereocenters. The second-order valence-electron chi connectivity index (χ2n) is 9.64. The number of allylic oxidation sites excluding steroid dienone is 2. The summed E-state index contributed by atoms with van der Waals surface area (Å²) in [7, 11) is 2.24. The number of amides is 2. The van der Waals surface area contributed by atoms with Crippen LogP contribution in [0.5, 0.6) is 0 Å². The lowest BCUT2D eigenvalue weighted by atomic mass is 9.85. The Bertz CT molecular complexity index is 685. The first kappa shape index (κ1) is 22.3. The molecule has 2 amide bonds. The molecule has 3 aliphatic carbocycles. The number of hydrogen-bond acceptors (Lipinski definition) is 4. The Morgan fingerprint density at radius 1 is 1.10 bits per heavy atom.